The van der Waals surface area contributed by atoms with E-state index in [9.17, 15) is 14.1 Å². The maximum absolute atomic E-state index is 13.3. The Bertz CT molecular complexity index is 2220. The number of thiophene rings is 1. The van der Waals surface area contributed by atoms with Crippen LogP contribution in [-0.4, -0.2) is 30.8 Å². The number of aromatic nitrogens is 2. The van der Waals surface area contributed by atoms with E-state index in [1.165, 1.54) is 27.1 Å². The topological polar surface area (TPSA) is 83.0 Å². The predicted octanol–water partition coefficient (Wildman–Crippen LogP) is 5.04. The molecule has 4 heterocycles. The molecule has 2 aliphatic carbocycles. The number of Topliss-reactive ketones (excluding diaryl/α,β-unsaturated/α-hetero) is 1. The van der Waals surface area contributed by atoms with Gasteiger partial charge in [0.25, 0.3) is 0 Å². The van der Waals surface area contributed by atoms with E-state index in [1.54, 1.807) is 17.4 Å². The van der Waals surface area contributed by atoms with Gasteiger partial charge in [-0.15, -0.1) is 11.3 Å². The number of hydrogen-bond acceptors (Lipinski definition) is 5. The maximum atomic E-state index is 13.3. The first-order valence-electron chi connectivity index (χ1n) is 11.1. The Morgan fingerprint density at radius 2 is 1.94 bits per heavy atom. The van der Waals surface area contributed by atoms with Gasteiger partial charge < -0.3 is 10.1 Å². The Hall–Kier alpha value is -3.29. The molecule has 3 aliphatic rings. The summed E-state index contributed by atoms with van der Waals surface area (Å²) in [5, 5.41) is 22.0. The van der Waals surface area contributed by atoms with Crippen LogP contribution in [0.1, 0.15) is 34.8 Å². The van der Waals surface area contributed by atoms with Gasteiger partial charge in [-0.05, 0) is 40.1 Å². The van der Waals surface area contributed by atoms with Crippen molar-refractivity contribution in [2.45, 2.75) is 23.0 Å². The fourth-order valence-electron chi connectivity index (χ4n) is 7.36. The second kappa shape index (κ2) is 4.67. The lowest BCUT2D eigenvalue weighted by Gasteiger charge is -2.32. The summed E-state index contributed by atoms with van der Waals surface area (Å²) in [7, 11) is -1.07. The van der Waals surface area contributed by atoms with Gasteiger partial charge in [0.2, 0.25) is 0 Å². The minimum Gasteiger partial charge on any atom is -0.507 e. The smallest absolute Gasteiger partial charge is 0.180 e. The molecule has 10 rings (SSSR count). The van der Waals surface area contributed by atoms with Gasteiger partial charge >= 0.3 is 0 Å². The van der Waals surface area contributed by atoms with Crippen LogP contribution in [0.5, 0.6) is 5.75 Å². The number of H-pyrrole nitrogens is 1. The SMILES string of the molecule is O=C1CC2CC3=c4c5c(sc6cnc7cc8c(O)cc9[nH]c1c1c2c4c(c7c65)c8c91)S(=O)C3. The summed E-state index contributed by atoms with van der Waals surface area (Å²) in [4.78, 5) is 21.4. The van der Waals surface area contributed by atoms with E-state index in [4.69, 9.17) is 4.98 Å². The van der Waals surface area contributed by atoms with Crippen LogP contribution in [0, 0.1) is 0 Å². The van der Waals surface area contributed by atoms with Crippen molar-refractivity contribution in [2.24, 2.45) is 0 Å². The van der Waals surface area contributed by atoms with Crippen LogP contribution >= 0.6 is 11.3 Å². The molecule has 0 spiro atoms. The third kappa shape index (κ3) is 1.48. The molecule has 2 N–H and O–H groups in total. The van der Waals surface area contributed by atoms with Gasteiger partial charge in [0.1, 0.15) is 9.96 Å². The number of carbonyl (C=O) groups is 1. The van der Waals surface area contributed by atoms with Gasteiger partial charge in [-0.1, -0.05) is 0 Å². The van der Waals surface area contributed by atoms with Crippen molar-refractivity contribution in [2.75, 3.05) is 5.75 Å². The molecule has 0 fully saturated rings. The Morgan fingerprint density at radius 3 is 2.85 bits per heavy atom. The zero-order valence-corrected chi connectivity index (χ0v) is 18.6. The Kier molecular flexibility index (Phi) is 2.31. The molecular formula is C26H12N2O3S2. The second-order valence-corrected chi connectivity index (χ2v) is 12.5. The van der Waals surface area contributed by atoms with E-state index in [1.807, 2.05) is 12.3 Å². The highest BCUT2D eigenvalue weighted by atomic mass is 32.2. The number of phenolic OH excluding ortho intramolecular Hbond substituents is 1. The van der Waals surface area contributed by atoms with E-state index < -0.39 is 10.8 Å². The molecule has 0 saturated heterocycles. The summed E-state index contributed by atoms with van der Waals surface area (Å²) in [5.41, 5.74) is 4.86. The summed E-state index contributed by atoms with van der Waals surface area (Å²) >= 11 is 1.61. The normalized spacial score (nSPS) is 21.8. The van der Waals surface area contributed by atoms with Crippen LogP contribution in [0.15, 0.2) is 22.5 Å². The van der Waals surface area contributed by atoms with Gasteiger partial charge in [-0.25, -0.2) is 0 Å². The third-order valence-electron chi connectivity index (χ3n) is 8.38. The van der Waals surface area contributed by atoms with Crippen molar-refractivity contribution < 1.29 is 14.1 Å². The molecule has 0 radical (unpaired) electrons. The average molecular weight is 465 g/mol. The van der Waals surface area contributed by atoms with Crippen molar-refractivity contribution in [1.82, 2.24) is 9.97 Å². The van der Waals surface area contributed by atoms with Crippen LogP contribution in [0.2, 0.25) is 0 Å². The lowest BCUT2D eigenvalue weighted by Crippen LogP contribution is -2.28. The summed E-state index contributed by atoms with van der Waals surface area (Å²) in [5.74, 6) is 0.984. The Morgan fingerprint density at radius 1 is 1.03 bits per heavy atom. The van der Waals surface area contributed by atoms with E-state index in [0.717, 1.165) is 64.1 Å². The molecule has 2 unspecified atom stereocenters. The number of carbonyl (C=O) groups excluding carboxylic acids is 1. The molecule has 0 bridgehead atoms. The number of nitrogens with zero attached hydrogens (tertiary/aromatic N) is 1. The van der Waals surface area contributed by atoms with E-state index in [2.05, 4.69) is 4.98 Å². The minimum absolute atomic E-state index is 0.107. The van der Waals surface area contributed by atoms with Crippen molar-refractivity contribution in [3.05, 3.63) is 34.8 Å². The number of hydrogen-bond donors (Lipinski definition) is 2. The molecule has 3 aromatic heterocycles. The van der Waals surface area contributed by atoms with Gasteiger partial charge in [-0.2, -0.15) is 0 Å². The first kappa shape index (κ1) is 16.3. The molecule has 0 saturated carbocycles. The molecule has 2 atom stereocenters. The highest BCUT2D eigenvalue weighted by molar-refractivity contribution is 7.88. The Balaban J connectivity index is 1.74. The van der Waals surface area contributed by atoms with E-state index in [0.29, 0.717) is 17.9 Å². The highest BCUT2D eigenvalue weighted by Gasteiger charge is 2.40. The van der Waals surface area contributed by atoms with Gasteiger partial charge in [0, 0.05) is 61.8 Å². The molecule has 33 heavy (non-hydrogen) atoms. The van der Waals surface area contributed by atoms with Crippen LogP contribution in [0.4, 0.5) is 0 Å². The van der Waals surface area contributed by atoms with E-state index >= 15 is 0 Å². The average Bonchev–Trinajstić information content (AvgIpc) is 3.38. The monoisotopic (exact) mass is 464 g/mol. The van der Waals surface area contributed by atoms with Gasteiger partial charge in [0.05, 0.1) is 38.0 Å². The first-order valence-corrected chi connectivity index (χ1v) is 13.2. The molecule has 7 aromatic rings. The fraction of sp³-hybridized carbons (Fsp3) is 0.154. The van der Waals surface area contributed by atoms with Crippen molar-refractivity contribution in [1.29, 1.82) is 0 Å². The Labute approximate surface area is 190 Å². The van der Waals surface area contributed by atoms with Crippen LogP contribution in [-0.2, 0) is 10.8 Å². The molecule has 0 amide bonds. The fourth-order valence-corrected chi connectivity index (χ4v) is 10.2. The number of aromatic amines is 1. The molecule has 156 valence electrons. The standard InChI is InChI=1S/C26H12N2O3S2/c29-12-4-11-19-17-9(12)3-10-18-20-14(5-27-10)32-26-24(20)16-8(6-33(26)31)1-7-2-13(30)25(28-11)23(19)15(7)21(16)22(17)18/h3-5,7,28-29H,1-2,6H2. The summed E-state index contributed by atoms with van der Waals surface area (Å²) < 4.78 is 15.4. The maximum Gasteiger partial charge on any atom is 0.180 e. The predicted molar refractivity (Wildman–Crippen MR) is 132 cm³/mol. The molecular weight excluding hydrogens is 452 g/mol. The lowest BCUT2D eigenvalue weighted by atomic mass is 9.71. The second-order valence-electron chi connectivity index (χ2n) is 9.81. The number of rotatable bonds is 0. The van der Waals surface area contributed by atoms with Gasteiger partial charge in [-0.3, -0.25) is 14.0 Å². The summed E-state index contributed by atoms with van der Waals surface area (Å²) in [6.45, 7) is 0. The van der Waals surface area contributed by atoms with Crippen LogP contribution in [0.3, 0.4) is 0 Å². The highest BCUT2D eigenvalue weighted by Crippen LogP contribution is 2.56. The number of phenols is 1. The van der Waals surface area contributed by atoms with Crippen molar-refractivity contribution in [3.63, 3.8) is 0 Å². The van der Waals surface area contributed by atoms with Crippen LogP contribution in [0.25, 0.3) is 69.8 Å². The van der Waals surface area contributed by atoms with E-state index in [-0.39, 0.29) is 17.5 Å². The third-order valence-corrected chi connectivity index (χ3v) is 11.3. The minimum atomic E-state index is -1.07. The number of nitrogens with one attached hydrogen (secondary N) is 1. The van der Waals surface area contributed by atoms with Crippen molar-refractivity contribution in [3.8, 4) is 5.75 Å². The van der Waals surface area contributed by atoms with Crippen LogP contribution < -0.4 is 5.22 Å². The number of benzene rings is 4. The number of ketones is 1. The number of pyridine rings is 1. The molecule has 1 aliphatic heterocycles. The largest absolute Gasteiger partial charge is 0.507 e. The quantitative estimate of drug-likeness (QED) is 0.243. The van der Waals surface area contributed by atoms with Crippen molar-refractivity contribution >= 4 is 97.7 Å². The zero-order valence-electron chi connectivity index (χ0n) is 17.0. The molecule has 4 aromatic carbocycles. The van der Waals surface area contributed by atoms with Gasteiger partial charge in [0.15, 0.2) is 5.78 Å². The molecule has 5 nitrogen and oxygen atoms in total. The number of aromatic hydroxyl groups is 1. The lowest BCUT2D eigenvalue weighted by molar-refractivity contribution is 0.0968. The summed E-state index contributed by atoms with van der Waals surface area (Å²) in [6.07, 6.45) is 3.16. The molecule has 7 heteroatoms. The zero-order chi connectivity index (χ0) is 21.5. The first-order chi connectivity index (χ1) is 16.1. The summed E-state index contributed by atoms with van der Waals surface area (Å²) in [6, 6.07) is 3.74.